The van der Waals surface area contributed by atoms with Crippen LogP contribution in [0, 0.1) is 0 Å². The number of anilines is 1. The molecule has 0 spiro atoms. The number of pyridine rings is 1. The number of hydrogen-bond acceptors (Lipinski definition) is 4. The van der Waals surface area contributed by atoms with Gasteiger partial charge in [-0.2, -0.15) is 0 Å². The van der Waals surface area contributed by atoms with Crippen LogP contribution in [0.15, 0.2) is 66.9 Å². The molecule has 4 aromatic rings. The average Bonchev–Trinajstić information content (AvgIpc) is 3.06. The molecule has 5 heteroatoms. The molecule has 2 aromatic carbocycles. The number of nitrogens with one attached hydrogen (secondary N) is 2. The van der Waals surface area contributed by atoms with Crippen LogP contribution < -0.4 is 5.32 Å². The van der Waals surface area contributed by atoms with Gasteiger partial charge in [-0.1, -0.05) is 42.5 Å². The van der Waals surface area contributed by atoms with Gasteiger partial charge in [0.2, 0.25) is 0 Å². The molecule has 0 radical (unpaired) electrons. The Bertz CT molecular complexity index is 979. The van der Waals surface area contributed by atoms with E-state index >= 15 is 0 Å². The van der Waals surface area contributed by atoms with Crippen molar-refractivity contribution in [3.63, 3.8) is 0 Å². The highest BCUT2D eigenvalue weighted by Gasteiger charge is 2.12. The summed E-state index contributed by atoms with van der Waals surface area (Å²) in [5.74, 6) is 1.54. The first-order chi connectivity index (χ1) is 11.8. The molecule has 4 rings (SSSR count). The Labute approximate surface area is 139 Å². The summed E-state index contributed by atoms with van der Waals surface area (Å²) in [6, 6.07) is 19.1. The van der Waals surface area contributed by atoms with E-state index in [0.717, 1.165) is 11.0 Å². The summed E-state index contributed by atoms with van der Waals surface area (Å²) in [7, 11) is 0. The Morgan fingerprint density at radius 3 is 2.58 bits per heavy atom. The first-order valence-electron chi connectivity index (χ1n) is 7.72. The highest BCUT2D eigenvalue weighted by Crippen LogP contribution is 2.29. The van der Waals surface area contributed by atoms with E-state index in [1.165, 1.54) is 5.56 Å². The largest absolute Gasteiger partial charge is 0.507 e. The number of hydrogen-bond donors (Lipinski definition) is 3. The lowest BCUT2D eigenvalue weighted by Crippen LogP contribution is -2.01. The van der Waals surface area contributed by atoms with Gasteiger partial charge in [0.1, 0.15) is 17.1 Å². The minimum Gasteiger partial charge on any atom is -0.507 e. The zero-order chi connectivity index (χ0) is 16.4. The minimum absolute atomic E-state index is 0.198. The van der Waals surface area contributed by atoms with Crippen LogP contribution >= 0.6 is 0 Å². The Morgan fingerprint density at radius 2 is 1.75 bits per heavy atom. The fourth-order valence-corrected chi connectivity index (χ4v) is 2.65. The first kappa shape index (κ1) is 14.3. The summed E-state index contributed by atoms with van der Waals surface area (Å²) in [6.07, 6.45) is 1.74. The van der Waals surface area contributed by atoms with E-state index in [1.54, 1.807) is 18.3 Å². The number of aromatic amines is 1. The molecule has 5 nitrogen and oxygen atoms in total. The molecule has 0 unspecified atom stereocenters. The molecule has 118 valence electrons. The summed E-state index contributed by atoms with van der Waals surface area (Å²) in [5.41, 5.74) is 3.47. The first-order valence-corrected chi connectivity index (χ1v) is 7.72. The molecule has 0 saturated carbocycles. The number of benzene rings is 2. The Kier molecular flexibility index (Phi) is 3.59. The summed E-state index contributed by atoms with van der Waals surface area (Å²) < 4.78 is 0. The molecule has 3 N–H and O–H groups in total. The zero-order valence-electron chi connectivity index (χ0n) is 12.9. The summed E-state index contributed by atoms with van der Waals surface area (Å²) in [4.78, 5) is 12.3. The molecule has 0 aliphatic carbocycles. The molecule has 2 aromatic heterocycles. The van der Waals surface area contributed by atoms with Crippen molar-refractivity contribution in [2.24, 2.45) is 0 Å². The molecule has 0 bridgehead atoms. The van der Waals surface area contributed by atoms with Crippen LogP contribution in [0.4, 0.5) is 5.82 Å². The second kappa shape index (κ2) is 6.04. The zero-order valence-corrected chi connectivity index (χ0v) is 12.9. The minimum atomic E-state index is 0.198. The maximum atomic E-state index is 10.0. The van der Waals surface area contributed by atoms with Crippen LogP contribution in [0.1, 0.15) is 5.56 Å². The topological polar surface area (TPSA) is 73.8 Å². The molecule has 0 aliphatic rings. The van der Waals surface area contributed by atoms with E-state index in [1.807, 2.05) is 36.4 Å². The number of para-hydroxylation sites is 1. The molecule has 0 saturated heterocycles. The number of H-pyrrole nitrogens is 1. The van der Waals surface area contributed by atoms with Crippen LogP contribution in [-0.4, -0.2) is 20.1 Å². The van der Waals surface area contributed by atoms with E-state index in [-0.39, 0.29) is 5.75 Å². The summed E-state index contributed by atoms with van der Waals surface area (Å²) in [6.45, 7) is 0.672. The van der Waals surface area contributed by atoms with Crippen molar-refractivity contribution in [1.82, 2.24) is 15.0 Å². The predicted molar refractivity (Wildman–Crippen MR) is 94.8 cm³/mol. The van der Waals surface area contributed by atoms with Crippen LogP contribution in [0.25, 0.3) is 22.4 Å². The number of imidazole rings is 1. The van der Waals surface area contributed by atoms with Gasteiger partial charge < -0.3 is 15.4 Å². The van der Waals surface area contributed by atoms with Gasteiger partial charge in [-0.05, 0) is 23.8 Å². The third-order valence-corrected chi connectivity index (χ3v) is 3.86. The van der Waals surface area contributed by atoms with Crippen molar-refractivity contribution in [2.75, 3.05) is 5.32 Å². The van der Waals surface area contributed by atoms with E-state index in [2.05, 4.69) is 32.4 Å². The SMILES string of the molecule is Oc1ccccc1-c1nc2c(NCc3ccccc3)nccc2[nH]1. The Morgan fingerprint density at radius 1 is 0.958 bits per heavy atom. The van der Waals surface area contributed by atoms with E-state index in [0.29, 0.717) is 23.8 Å². The molecule has 24 heavy (non-hydrogen) atoms. The summed E-state index contributed by atoms with van der Waals surface area (Å²) >= 11 is 0. The quantitative estimate of drug-likeness (QED) is 0.533. The van der Waals surface area contributed by atoms with Gasteiger partial charge in [-0.3, -0.25) is 0 Å². The van der Waals surface area contributed by atoms with Gasteiger partial charge >= 0.3 is 0 Å². The number of aromatic hydroxyl groups is 1. The van der Waals surface area contributed by atoms with E-state index in [9.17, 15) is 5.11 Å². The molecule has 0 aliphatic heterocycles. The molecule has 0 fully saturated rings. The maximum Gasteiger partial charge on any atom is 0.154 e. The number of rotatable bonds is 4. The van der Waals surface area contributed by atoms with Crippen molar-refractivity contribution in [2.45, 2.75) is 6.54 Å². The second-order valence-corrected chi connectivity index (χ2v) is 5.50. The van der Waals surface area contributed by atoms with Gasteiger partial charge in [0.15, 0.2) is 5.82 Å². The van der Waals surface area contributed by atoms with Gasteiger partial charge in [0.25, 0.3) is 0 Å². The fraction of sp³-hybridized carbons (Fsp3) is 0.0526. The molecule has 2 heterocycles. The average molecular weight is 316 g/mol. The lowest BCUT2D eigenvalue weighted by atomic mass is 10.2. The normalized spacial score (nSPS) is 10.8. The summed E-state index contributed by atoms with van der Waals surface area (Å²) in [5, 5.41) is 13.3. The standard InChI is InChI=1S/C19H16N4O/c24-16-9-5-4-8-14(16)18-22-15-10-11-20-19(17(15)23-18)21-12-13-6-2-1-3-7-13/h1-11,24H,12H2,(H,20,21)(H,22,23). The van der Waals surface area contributed by atoms with Crippen molar-refractivity contribution in [1.29, 1.82) is 0 Å². The van der Waals surface area contributed by atoms with Crippen molar-refractivity contribution in [3.8, 4) is 17.1 Å². The number of phenolic OH excluding ortho intramolecular Hbond substituents is 1. The van der Waals surface area contributed by atoms with Gasteiger partial charge in [0.05, 0.1) is 11.1 Å². The lowest BCUT2D eigenvalue weighted by Gasteiger charge is -2.05. The monoisotopic (exact) mass is 316 g/mol. The maximum absolute atomic E-state index is 10.0. The van der Waals surface area contributed by atoms with Crippen LogP contribution in [0.2, 0.25) is 0 Å². The van der Waals surface area contributed by atoms with Gasteiger partial charge in [-0.25, -0.2) is 9.97 Å². The highest BCUT2D eigenvalue weighted by atomic mass is 16.3. The van der Waals surface area contributed by atoms with Crippen molar-refractivity contribution >= 4 is 16.9 Å². The van der Waals surface area contributed by atoms with E-state index in [4.69, 9.17) is 0 Å². The van der Waals surface area contributed by atoms with E-state index < -0.39 is 0 Å². The number of nitrogens with zero attached hydrogens (tertiary/aromatic N) is 2. The highest BCUT2D eigenvalue weighted by molar-refractivity contribution is 5.88. The molecule has 0 atom stereocenters. The lowest BCUT2D eigenvalue weighted by molar-refractivity contribution is 0.477. The van der Waals surface area contributed by atoms with Gasteiger partial charge in [0, 0.05) is 12.7 Å². The Balaban J connectivity index is 1.69. The predicted octanol–water partition coefficient (Wildman–Crippen LogP) is 3.94. The van der Waals surface area contributed by atoms with Crippen molar-refractivity contribution in [3.05, 3.63) is 72.4 Å². The number of aromatic nitrogens is 3. The second-order valence-electron chi connectivity index (χ2n) is 5.50. The van der Waals surface area contributed by atoms with Crippen molar-refractivity contribution < 1.29 is 5.11 Å². The van der Waals surface area contributed by atoms with Crippen LogP contribution in [0.5, 0.6) is 5.75 Å². The molecule has 0 amide bonds. The van der Waals surface area contributed by atoms with Gasteiger partial charge in [-0.15, -0.1) is 0 Å². The molecular weight excluding hydrogens is 300 g/mol. The number of fused-ring (bicyclic) bond motifs is 1. The fourth-order valence-electron chi connectivity index (χ4n) is 2.65. The van der Waals surface area contributed by atoms with Crippen LogP contribution in [0.3, 0.4) is 0 Å². The smallest absolute Gasteiger partial charge is 0.154 e. The Hall–Kier alpha value is -3.34. The number of phenols is 1. The third-order valence-electron chi connectivity index (χ3n) is 3.86. The molecular formula is C19H16N4O. The third kappa shape index (κ3) is 2.67. The van der Waals surface area contributed by atoms with Crippen LogP contribution in [-0.2, 0) is 6.54 Å².